The van der Waals surface area contributed by atoms with Crippen LogP contribution in [0.5, 0.6) is 11.5 Å². The molecule has 0 aliphatic rings. The van der Waals surface area contributed by atoms with Crippen molar-refractivity contribution in [1.82, 2.24) is 0 Å². The van der Waals surface area contributed by atoms with Gasteiger partial charge in [0.2, 0.25) is 0 Å². The van der Waals surface area contributed by atoms with E-state index in [1.807, 2.05) is 9.47 Å². The summed E-state index contributed by atoms with van der Waals surface area (Å²) in [6, 6.07) is 14.7. The lowest BCUT2D eigenvalue weighted by Crippen LogP contribution is -2.10. The third-order valence-electron chi connectivity index (χ3n) is 2.27. The maximum atomic E-state index is 12.1. The highest BCUT2D eigenvalue weighted by Crippen LogP contribution is 2.44. The first kappa shape index (κ1) is 14.0. The zero-order valence-corrected chi connectivity index (χ0v) is 11.9. The Morgan fingerprint density at radius 1 is 1.00 bits per heavy atom. The molecule has 0 aromatic heterocycles. The molecule has 0 saturated heterocycles. The predicted molar refractivity (Wildman–Crippen MR) is 74.4 cm³/mol. The van der Waals surface area contributed by atoms with Gasteiger partial charge in [0, 0.05) is 0 Å². The highest BCUT2D eigenvalue weighted by atomic mass is 31.2. The van der Waals surface area contributed by atoms with Crippen LogP contribution in [0.2, 0.25) is 0 Å². The van der Waals surface area contributed by atoms with Crippen molar-refractivity contribution in [1.29, 1.82) is 0 Å². The predicted octanol–water partition coefficient (Wildman–Crippen LogP) is 2.68. The Morgan fingerprint density at radius 2 is 1.63 bits per heavy atom. The molecule has 5 nitrogen and oxygen atoms in total. The summed E-state index contributed by atoms with van der Waals surface area (Å²) in [5, 5.41) is 0.0286. The first-order valence-electron chi connectivity index (χ1n) is 5.34. The van der Waals surface area contributed by atoms with E-state index < -0.39 is 7.60 Å². The van der Waals surface area contributed by atoms with E-state index in [2.05, 4.69) is 4.67 Å². The van der Waals surface area contributed by atoms with Crippen LogP contribution >= 0.6 is 17.1 Å². The van der Waals surface area contributed by atoms with Gasteiger partial charge in [0.1, 0.15) is 11.1 Å². The van der Waals surface area contributed by atoms with Crippen molar-refractivity contribution in [2.75, 3.05) is 0 Å². The molecule has 1 N–H and O–H groups in total. The number of benzene rings is 2. The third-order valence-corrected chi connectivity index (χ3v) is 3.78. The molecule has 19 heavy (non-hydrogen) atoms. The molecule has 0 amide bonds. The molecule has 0 fully saturated rings. The lowest BCUT2D eigenvalue weighted by Gasteiger charge is -2.13. The van der Waals surface area contributed by atoms with Crippen LogP contribution < -0.4 is 14.7 Å². The maximum Gasteiger partial charge on any atom is 0.400 e. The summed E-state index contributed by atoms with van der Waals surface area (Å²) in [6.45, 7) is 0. The number of hydrogen-bond donors (Lipinski definition) is 1. The van der Waals surface area contributed by atoms with E-state index in [1.54, 1.807) is 48.5 Å². The van der Waals surface area contributed by atoms with Gasteiger partial charge in [0.25, 0.3) is 0 Å². The molecule has 0 aliphatic heterocycles. The van der Waals surface area contributed by atoms with Crippen LogP contribution in [0.3, 0.4) is 0 Å². The molecule has 2 atom stereocenters. The van der Waals surface area contributed by atoms with Crippen LogP contribution in [0.1, 0.15) is 0 Å². The summed E-state index contributed by atoms with van der Waals surface area (Å²) >= 11 is 0. The average Bonchev–Trinajstić information content (AvgIpc) is 2.46. The quantitative estimate of drug-likeness (QED) is 0.522. The van der Waals surface area contributed by atoms with Crippen LogP contribution in [0.15, 0.2) is 54.6 Å². The van der Waals surface area contributed by atoms with Crippen molar-refractivity contribution >= 4 is 22.4 Å². The van der Waals surface area contributed by atoms with Crippen LogP contribution in [0, 0.1) is 0 Å². The molecular weight excluding hydrogens is 286 g/mol. The van der Waals surface area contributed by atoms with Gasteiger partial charge in [-0.25, -0.2) is 0 Å². The monoisotopic (exact) mass is 298 g/mol. The fraction of sp³-hybridized carbons (Fsp3) is 0. The molecule has 100 valence electrons. The molecule has 0 aliphatic carbocycles. The van der Waals surface area contributed by atoms with Crippen molar-refractivity contribution in [3.8, 4) is 11.5 Å². The summed E-state index contributed by atoms with van der Waals surface area (Å²) in [6.07, 6.45) is 0. The van der Waals surface area contributed by atoms with Crippen molar-refractivity contribution in [2.45, 2.75) is 0 Å². The minimum Gasteiger partial charge on any atom is -0.479 e. The molecule has 7 heteroatoms. The highest BCUT2D eigenvalue weighted by Gasteiger charge is 2.29. The van der Waals surface area contributed by atoms with Gasteiger partial charge in [-0.1, -0.05) is 35.0 Å². The molecule has 0 spiro atoms. The Bertz CT molecular complexity index is 588. The smallest absolute Gasteiger partial charge is 0.400 e. The van der Waals surface area contributed by atoms with E-state index in [9.17, 15) is 9.46 Å². The third kappa shape index (κ3) is 3.55. The Kier molecular flexibility index (Phi) is 4.56. The summed E-state index contributed by atoms with van der Waals surface area (Å²) < 4.78 is 21.7. The molecule has 2 aromatic carbocycles. The molecule has 0 saturated carbocycles. The summed E-state index contributed by atoms with van der Waals surface area (Å²) in [7, 11) is -2.11. The number of para-hydroxylation sites is 2. The standard InChI is InChI=1S/C12H12O5P2/c13-19(14,12-9-5-4-8-11(12)16-18)17-15-10-6-2-1-3-7-10/h1-9H,18H2,(H,13,14). The molecule has 2 aromatic rings. The second kappa shape index (κ2) is 6.18. The summed E-state index contributed by atoms with van der Waals surface area (Å²) in [5.41, 5.74) is 0. The van der Waals surface area contributed by atoms with Gasteiger partial charge in [-0.2, -0.15) is 0 Å². The fourth-order valence-corrected chi connectivity index (χ4v) is 2.65. The van der Waals surface area contributed by atoms with Crippen molar-refractivity contribution < 1.29 is 23.5 Å². The first-order chi connectivity index (χ1) is 9.13. The van der Waals surface area contributed by atoms with Gasteiger partial charge in [-0.3, -0.25) is 4.57 Å². The van der Waals surface area contributed by atoms with E-state index in [1.165, 1.54) is 6.07 Å². The average molecular weight is 298 g/mol. The van der Waals surface area contributed by atoms with Crippen LogP contribution in [-0.4, -0.2) is 4.89 Å². The second-order valence-corrected chi connectivity index (χ2v) is 5.48. The summed E-state index contributed by atoms with van der Waals surface area (Å²) in [4.78, 5) is 14.7. The Morgan fingerprint density at radius 3 is 2.32 bits per heavy atom. The SMILES string of the molecule is O=P(O)(OOc1ccccc1)c1ccccc1OP. The van der Waals surface area contributed by atoms with E-state index >= 15 is 0 Å². The van der Waals surface area contributed by atoms with E-state index in [-0.39, 0.29) is 11.1 Å². The minimum absolute atomic E-state index is 0.0286. The van der Waals surface area contributed by atoms with Crippen LogP contribution in [-0.2, 0) is 9.24 Å². The second-order valence-electron chi connectivity index (χ2n) is 3.58. The Hall–Kier alpha value is -1.38. The molecular formula is C12H12O5P2. The number of hydrogen-bond acceptors (Lipinski definition) is 4. The lowest BCUT2D eigenvalue weighted by atomic mass is 10.3. The molecule has 0 bridgehead atoms. The Balaban J connectivity index is 2.16. The zero-order chi connectivity index (χ0) is 13.7. The molecule has 2 unspecified atom stereocenters. The van der Waals surface area contributed by atoms with E-state index in [0.29, 0.717) is 5.75 Å². The maximum absolute atomic E-state index is 12.1. The normalized spacial score (nSPS) is 13.6. The van der Waals surface area contributed by atoms with Gasteiger partial charge in [-0.05, 0) is 24.3 Å². The molecule has 0 heterocycles. The molecule has 2 rings (SSSR count). The fourth-order valence-electron chi connectivity index (χ4n) is 1.40. The van der Waals surface area contributed by atoms with Gasteiger partial charge < -0.3 is 14.3 Å². The van der Waals surface area contributed by atoms with Gasteiger partial charge in [-0.15, -0.1) is 0 Å². The van der Waals surface area contributed by atoms with Crippen molar-refractivity contribution in [3.63, 3.8) is 0 Å². The minimum atomic E-state index is -4.13. The van der Waals surface area contributed by atoms with Gasteiger partial charge in [0.15, 0.2) is 5.75 Å². The van der Waals surface area contributed by atoms with Gasteiger partial charge in [0.05, 0.1) is 9.47 Å². The van der Waals surface area contributed by atoms with Crippen LogP contribution in [0.4, 0.5) is 0 Å². The molecule has 0 radical (unpaired) electrons. The van der Waals surface area contributed by atoms with Gasteiger partial charge >= 0.3 is 7.60 Å². The largest absolute Gasteiger partial charge is 0.479 e. The zero-order valence-electron chi connectivity index (χ0n) is 9.80. The van der Waals surface area contributed by atoms with Crippen molar-refractivity contribution in [2.24, 2.45) is 0 Å². The van der Waals surface area contributed by atoms with E-state index in [0.717, 1.165) is 0 Å². The topological polar surface area (TPSA) is 65.0 Å². The van der Waals surface area contributed by atoms with E-state index in [4.69, 9.17) is 9.41 Å². The highest BCUT2D eigenvalue weighted by molar-refractivity contribution is 7.61. The van der Waals surface area contributed by atoms with Crippen molar-refractivity contribution in [3.05, 3.63) is 54.6 Å². The summed E-state index contributed by atoms with van der Waals surface area (Å²) in [5.74, 6) is 0.566. The first-order valence-corrected chi connectivity index (χ1v) is 7.39. The number of rotatable bonds is 5. The van der Waals surface area contributed by atoms with Crippen LogP contribution in [0.25, 0.3) is 0 Å². The lowest BCUT2D eigenvalue weighted by molar-refractivity contribution is -0.106. The Labute approximate surface area is 112 Å².